The second-order valence-electron chi connectivity index (χ2n) is 6.62. The van der Waals surface area contributed by atoms with Gasteiger partial charge in [0.15, 0.2) is 5.16 Å². The largest absolute Gasteiger partial charge is 0.353 e. The molecule has 1 aliphatic rings. The van der Waals surface area contributed by atoms with Crippen molar-refractivity contribution in [2.24, 2.45) is 0 Å². The summed E-state index contributed by atoms with van der Waals surface area (Å²) in [6.07, 6.45) is 7.63. The molecule has 0 aromatic carbocycles. The van der Waals surface area contributed by atoms with Crippen molar-refractivity contribution >= 4 is 17.7 Å². The first-order valence-corrected chi connectivity index (χ1v) is 10.3. The number of carbonyl (C=O) groups excluding carboxylic acids is 1. The average Bonchev–Trinajstić information content (AvgIpc) is 3.01. The summed E-state index contributed by atoms with van der Waals surface area (Å²) in [6.45, 7) is 12.0. The normalized spacial score (nSPS) is 16.6. The number of rotatable bonds is 10. The molecule has 0 radical (unpaired) electrons. The summed E-state index contributed by atoms with van der Waals surface area (Å²) in [6, 6.07) is 0.208. The molecular weight excluding hydrogens is 334 g/mol. The van der Waals surface area contributed by atoms with Gasteiger partial charge in [0, 0.05) is 25.6 Å². The smallest absolute Gasteiger partial charge is 0.230 e. The maximum atomic E-state index is 12.0. The van der Waals surface area contributed by atoms with Crippen LogP contribution >= 0.6 is 11.8 Å². The monoisotopic (exact) mass is 365 g/mol. The lowest BCUT2D eigenvalue weighted by Crippen LogP contribution is -2.33. The number of nitrogens with zero attached hydrogens (tertiary/aromatic N) is 4. The maximum absolute atomic E-state index is 12.0. The van der Waals surface area contributed by atoms with E-state index in [9.17, 15) is 4.79 Å². The molecule has 25 heavy (non-hydrogen) atoms. The number of allylic oxidation sites excluding steroid dienone is 1. The van der Waals surface area contributed by atoms with E-state index in [1.165, 1.54) is 44.1 Å². The number of amides is 1. The van der Waals surface area contributed by atoms with Crippen LogP contribution < -0.4 is 5.32 Å². The van der Waals surface area contributed by atoms with E-state index in [-0.39, 0.29) is 11.9 Å². The predicted octanol–water partition coefficient (Wildman–Crippen LogP) is 2.50. The molecule has 1 aliphatic heterocycles. The predicted molar refractivity (Wildman–Crippen MR) is 103 cm³/mol. The van der Waals surface area contributed by atoms with Gasteiger partial charge in [-0.2, -0.15) is 0 Å². The van der Waals surface area contributed by atoms with Gasteiger partial charge in [0.25, 0.3) is 0 Å². The standard InChI is InChI=1S/C18H31N5OS/c1-4-10-23-16(9-13-22-11-7-6-8-12-22)20-21-18(23)25-14-17(24)19-15(3)5-2/h4,15H,1,5-14H2,2-3H3,(H,19,24)/t15-/m1/s1. The number of hydrogen-bond acceptors (Lipinski definition) is 5. The van der Waals surface area contributed by atoms with Gasteiger partial charge >= 0.3 is 0 Å². The third-order valence-corrected chi connectivity index (χ3v) is 5.52. The van der Waals surface area contributed by atoms with Crippen molar-refractivity contribution in [3.8, 4) is 0 Å². The van der Waals surface area contributed by atoms with E-state index in [2.05, 4.69) is 38.5 Å². The third kappa shape index (κ3) is 6.47. The molecule has 0 bridgehead atoms. The van der Waals surface area contributed by atoms with Crippen molar-refractivity contribution in [3.05, 3.63) is 18.5 Å². The van der Waals surface area contributed by atoms with E-state index >= 15 is 0 Å². The first kappa shape index (κ1) is 20.0. The Morgan fingerprint density at radius 2 is 2.12 bits per heavy atom. The Morgan fingerprint density at radius 3 is 2.80 bits per heavy atom. The minimum atomic E-state index is 0.0439. The van der Waals surface area contributed by atoms with Crippen molar-refractivity contribution in [1.29, 1.82) is 0 Å². The fraction of sp³-hybridized carbons (Fsp3) is 0.722. The van der Waals surface area contributed by atoms with Gasteiger partial charge < -0.3 is 14.8 Å². The number of thioether (sulfide) groups is 1. The average molecular weight is 366 g/mol. The second kappa shape index (κ2) is 10.6. The molecular formula is C18H31N5OS. The summed E-state index contributed by atoms with van der Waals surface area (Å²) in [5, 5.41) is 12.4. The molecule has 0 unspecified atom stereocenters. The van der Waals surface area contributed by atoms with Gasteiger partial charge in [-0.05, 0) is 39.3 Å². The molecule has 1 amide bonds. The molecule has 1 aromatic heterocycles. The fourth-order valence-corrected chi connectivity index (χ4v) is 3.69. The lowest BCUT2D eigenvalue weighted by molar-refractivity contribution is -0.119. The highest BCUT2D eigenvalue weighted by Gasteiger charge is 2.16. The van der Waals surface area contributed by atoms with Crippen molar-refractivity contribution in [2.75, 3.05) is 25.4 Å². The minimum absolute atomic E-state index is 0.0439. The van der Waals surface area contributed by atoms with Gasteiger partial charge in [-0.1, -0.05) is 31.2 Å². The van der Waals surface area contributed by atoms with Crippen molar-refractivity contribution < 1.29 is 4.79 Å². The zero-order valence-electron chi connectivity index (χ0n) is 15.5. The topological polar surface area (TPSA) is 63.1 Å². The SMILES string of the molecule is C=CCn1c(CCN2CCCCC2)nnc1SCC(=O)N[C@H](C)CC. The van der Waals surface area contributed by atoms with E-state index in [1.54, 1.807) is 0 Å². The quantitative estimate of drug-likeness (QED) is 0.510. The Morgan fingerprint density at radius 1 is 1.36 bits per heavy atom. The molecule has 2 rings (SSSR count). The molecule has 1 aromatic rings. The van der Waals surface area contributed by atoms with Gasteiger partial charge in [-0.3, -0.25) is 4.79 Å². The molecule has 1 atom stereocenters. The zero-order valence-corrected chi connectivity index (χ0v) is 16.4. The fourth-order valence-electron chi connectivity index (χ4n) is 2.91. The Balaban J connectivity index is 1.90. The van der Waals surface area contributed by atoms with Crippen molar-refractivity contribution in [3.63, 3.8) is 0 Å². The number of nitrogens with one attached hydrogen (secondary N) is 1. The van der Waals surface area contributed by atoms with E-state index < -0.39 is 0 Å². The second-order valence-corrected chi connectivity index (χ2v) is 7.56. The van der Waals surface area contributed by atoms with Gasteiger partial charge in [-0.25, -0.2) is 0 Å². The molecule has 0 saturated carbocycles. The van der Waals surface area contributed by atoms with Gasteiger partial charge in [0.1, 0.15) is 5.82 Å². The minimum Gasteiger partial charge on any atom is -0.353 e. The Labute approximate surface area is 155 Å². The van der Waals surface area contributed by atoms with Crippen molar-refractivity contribution in [1.82, 2.24) is 25.0 Å². The molecule has 0 spiro atoms. The van der Waals surface area contributed by atoms with Crippen LogP contribution in [0, 0.1) is 0 Å². The summed E-state index contributed by atoms with van der Waals surface area (Å²) in [7, 11) is 0. The van der Waals surface area contributed by atoms with Crippen LogP contribution in [0.4, 0.5) is 0 Å². The number of hydrogen-bond donors (Lipinski definition) is 1. The molecule has 1 saturated heterocycles. The highest BCUT2D eigenvalue weighted by atomic mass is 32.2. The van der Waals surface area contributed by atoms with E-state index in [1.807, 2.05) is 13.0 Å². The number of likely N-dealkylation sites (tertiary alicyclic amines) is 1. The first-order chi connectivity index (χ1) is 12.1. The highest BCUT2D eigenvalue weighted by Crippen LogP contribution is 2.18. The summed E-state index contributed by atoms with van der Waals surface area (Å²) in [5.74, 6) is 1.39. The summed E-state index contributed by atoms with van der Waals surface area (Å²) in [4.78, 5) is 14.5. The van der Waals surface area contributed by atoms with Gasteiger partial charge in [0.05, 0.1) is 5.75 Å². The molecule has 1 fully saturated rings. The van der Waals surface area contributed by atoms with Crippen LogP contribution in [-0.4, -0.2) is 57.0 Å². The number of piperidine rings is 1. The van der Waals surface area contributed by atoms with Crippen LogP contribution in [0.3, 0.4) is 0 Å². The van der Waals surface area contributed by atoms with Crippen LogP contribution in [0.5, 0.6) is 0 Å². The van der Waals surface area contributed by atoms with Crippen LogP contribution in [0.1, 0.15) is 45.4 Å². The van der Waals surface area contributed by atoms with Crippen molar-refractivity contribution in [2.45, 2.75) is 63.7 Å². The van der Waals surface area contributed by atoms with E-state index in [0.717, 1.165) is 30.4 Å². The molecule has 2 heterocycles. The van der Waals surface area contributed by atoms with Crippen LogP contribution in [0.15, 0.2) is 17.8 Å². The lowest BCUT2D eigenvalue weighted by atomic mass is 10.1. The Hall–Kier alpha value is -1.34. The summed E-state index contributed by atoms with van der Waals surface area (Å²) >= 11 is 1.45. The van der Waals surface area contributed by atoms with Crippen LogP contribution in [0.25, 0.3) is 0 Å². The molecule has 1 N–H and O–H groups in total. The summed E-state index contributed by atoms with van der Waals surface area (Å²) in [5.41, 5.74) is 0. The van der Waals surface area contributed by atoms with Gasteiger partial charge in [-0.15, -0.1) is 16.8 Å². The number of carbonyl (C=O) groups is 1. The highest BCUT2D eigenvalue weighted by molar-refractivity contribution is 7.99. The molecule has 140 valence electrons. The van der Waals surface area contributed by atoms with E-state index in [4.69, 9.17) is 0 Å². The first-order valence-electron chi connectivity index (χ1n) is 9.31. The van der Waals surface area contributed by atoms with Crippen LogP contribution in [0.2, 0.25) is 0 Å². The third-order valence-electron chi connectivity index (χ3n) is 4.56. The molecule has 0 aliphatic carbocycles. The van der Waals surface area contributed by atoms with E-state index in [0.29, 0.717) is 12.3 Å². The summed E-state index contributed by atoms with van der Waals surface area (Å²) < 4.78 is 2.08. The van der Waals surface area contributed by atoms with Crippen LogP contribution in [-0.2, 0) is 17.8 Å². The lowest BCUT2D eigenvalue weighted by Gasteiger charge is -2.26. The zero-order chi connectivity index (χ0) is 18.1. The number of aromatic nitrogens is 3. The maximum Gasteiger partial charge on any atom is 0.230 e. The Bertz CT molecular complexity index is 554. The molecule has 7 heteroatoms. The van der Waals surface area contributed by atoms with Gasteiger partial charge in [0.2, 0.25) is 5.91 Å². The Kier molecular flexibility index (Phi) is 8.48. The molecule has 6 nitrogen and oxygen atoms in total.